The first-order chi connectivity index (χ1) is 7.24. The molecule has 3 nitrogen and oxygen atoms in total. The van der Waals surface area contributed by atoms with E-state index in [4.69, 9.17) is 5.73 Å². The first-order valence-corrected chi connectivity index (χ1v) is 5.49. The molecule has 0 aliphatic heterocycles. The zero-order valence-corrected chi connectivity index (χ0v) is 9.25. The second-order valence-corrected chi connectivity index (χ2v) is 3.91. The van der Waals surface area contributed by atoms with Crippen molar-refractivity contribution in [1.82, 2.24) is 9.97 Å². The van der Waals surface area contributed by atoms with Crippen molar-refractivity contribution in [2.45, 2.75) is 32.6 Å². The van der Waals surface area contributed by atoms with Crippen molar-refractivity contribution in [2.24, 2.45) is 0 Å². The summed E-state index contributed by atoms with van der Waals surface area (Å²) in [5, 5.41) is 0. The van der Waals surface area contributed by atoms with Gasteiger partial charge in [-0.1, -0.05) is 13.8 Å². The van der Waals surface area contributed by atoms with E-state index in [9.17, 15) is 0 Å². The van der Waals surface area contributed by atoms with Crippen LogP contribution in [0.3, 0.4) is 0 Å². The molecule has 0 saturated heterocycles. The van der Waals surface area contributed by atoms with E-state index in [2.05, 4.69) is 23.8 Å². The molecule has 1 aromatic carbocycles. The molecular formula is C12H17N3. The van der Waals surface area contributed by atoms with Crippen molar-refractivity contribution >= 4 is 16.7 Å². The number of hydrogen-bond acceptors (Lipinski definition) is 2. The lowest BCUT2D eigenvalue weighted by molar-refractivity contribution is 0.611. The van der Waals surface area contributed by atoms with Gasteiger partial charge in [0.1, 0.15) is 5.82 Å². The number of H-pyrrole nitrogens is 1. The standard InChI is InChI=1S/C12H17N3/c1-3-8(4-2)12-14-10-6-5-9(13)7-11(10)15-12/h5-8H,3-4,13H2,1-2H3,(H,14,15). The number of benzene rings is 1. The van der Waals surface area contributed by atoms with Gasteiger partial charge in [-0.15, -0.1) is 0 Å². The van der Waals surface area contributed by atoms with Gasteiger partial charge in [-0.05, 0) is 31.0 Å². The molecule has 0 atom stereocenters. The molecule has 3 heteroatoms. The molecule has 3 N–H and O–H groups in total. The number of fused-ring (bicyclic) bond motifs is 1. The van der Waals surface area contributed by atoms with Gasteiger partial charge in [-0.2, -0.15) is 0 Å². The Hall–Kier alpha value is -1.51. The predicted molar refractivity (Wildman–Crippen MR) is 63.8 cm³/mol. The summed E-state index contributed by atoms with van der Waals surface area (Å²) in [6.45, 7) is 4.38. The van der Waals surface area contributed by atoms with Crippen LogP contribution in [0, 0.1) is 0 Å². The van der Waals surface area contributed by atoms with Crippen molar-refractivity contribution in [1.29, 1.82) is 0 Å². The van der Waals surface area contributed by atoms with Crippen molar-refractivity contribution in [2.75, 3.05) is 5.73 Å². The fourth-order valence-electron chi connectivity index (χ4n) is 1.92. The lowest BCUT2D eigenvalue weighted by Crippen LogP contribution is -1.97. The van der Waals surface area contributed by atoms with Crippen molar-refractivity contribution in [3.8, 4) is 0 Å². The van der Waals surface area contributed by atoms with Gasteiger partial charge in [0.15, 0.2) is 0 Å². The van der Waals surface area contributed by atoms with E-state index in [-0.39, 0.29) is 0 Å². The van der Waals surface area contributed by atoms with Crippen LogP contribution in [0.15, 0.2) is 18.2 Å². The Morgan fingerprint density at radius 2 is 2.07 bits per heavy atom. The van der Waals surface area contributed by atoms with Gasteiger partial charge < -0.3 is 10.7 Å². The van der Waals surface area contributed by atoms with Gasteiger partial charge in [0.05, 0.1) is 11.0 Å². The quantitative estimate of drug-likeness (QED) is 0.753. The average molecular weight is 203 g/mol. The summed E-state index contributed by atoms with van der Waals surface area (Å²) in [6.07, 6.45) is 2.23. The van der Waals surface area contributed by atoms with Crippen LogP contribution in [0.25, 0.3) is 11.0 Å². The number of anilines is 1. The maximum Gasteiger partial charge on any atom is 0.110 e. The molecule has 0 amide bonds. The number of rotatable bonds is 3. The summed E-state index contributed by atoms with van der Waals surface area (Å²) >= 11 is 0. The van der Waals surface area contributed by atoms with Crippen molar-refractivity contribution in [3.05, 3.63) is 24.0 Å². The third kappa shape index (κ3) is 1.82. The highest BCUT2D eigenvalue weighted by Gasteiger charge is 2.11. The highest BCUT2D eigenvalue weighted by atomic mass is 14.9. The molecule has 80 valence electrons. The van der Waals surface area contributed by atoms with E-state index in [0.29, 0.717) is 5.92 Å². The summed E-state index contributed by atoms with van der Waals surface area (Å²) in [4.78, 5) is 7.93. The molecule has 0 fully saturated rings. The molecule has 0 aliphatic rings. The lowest BCUT2D eigenvalue weighted by atomic mass is 10.0. The third-order valence-corrected chi connectivity index (χ3v) is 2.90. The first-order valence-electron chi connectivity index (χ1n) is 5.49. The number of hydrogen-bond donors (Lipinski definition) is 2. The van der Waals surface area contributed by atoms with E-state index < -0.39 is 0 Å². The molecule has 0 bridgehead atoms. The highest BCUT2D eigenvalue weighted by molar-refractivity contribution is 5.78. The molecule has 0 radical (unpaired) electrons. The number of nitrogens with zero attached hydrogens (tertiary/aromatic N) is 1. The van der Waals surface area contributed by atoms with Crippen molar-refractivity contribution in [3.63, 3.8) is 0 Å². The number of aromatic amines is 1. The number of nitrogen functional groups attached to an aromatic ring is 1. The van der Waals surface area contributed by atoms with Crippen LogP contribution in [0.4, 0.5) is 5.69 Å². The first kappa shape index (κ1) is 10.0. The Morgan fingerprint density at radius 3 is 2.73 bits per heavy atom. The Labute approximate surface area is 89.7 Å². The normalized spacial score (nSPS) is 11.4. The summed E-state index contributed by atoms with van der Waals surface area (Å²) in [5.74, 6) is 1.61. The predicted octanol–water partition coefficient (Wildman–Crippen LogP) is 3.05. The fraction of sp³-hybridized carbons (Fsp3) is 0.417. The Kier molecular flexibility index (Phi) is 2.62. The maximum absolute atomic E-state index is 5.73. The van der Waals surface area contributed by atoms with Gasteiger partial charge in [0, 0.05) is 11.6 Å². The van der Waals surface area contributed by atoms with Gasteiger partial charge in [-0.3, -0.25) is 0 Å². The lowest BCUT2D eigenvalue weighted by Gasteiger charge is -2.07. The number of imidazole rings is 1. The smallest absolute Gasteiger partial charge is 0.110 e. The molecule has 0 spiro atoms. The second-order valence-electron chi connectivity index (χ2n) is 3.91. The van der Waals surface area contributed by atoms with Gasteiger partial charge in [-0.25, -0.2) is 4.98 Å². The van der Waals surface area contributed by atoms with Crippen molar-refractivity contribution < 1.29 is 0 Å². The number of aromatic nitrogens is 2. The SMILES string of the molecule is CCC(CC)c1nc2ccc(N)cc2[nH]1. The largest absolute Gasteiger partial charge is 0.399 e. The fourth-order valence-corrected chi connectivity index (χ4v) is 1.92. The van der Waals surface area contributed by atoms with E-state index in [1.807, 2.05) is 18.2 Å². The molecule has 0 saturated carbocycles. The molecular weight excluding hydrogens is 186 g/mol. The average Bonchev–Trinajstić information content (AvgIpc) is 2.62. The monoisotopic (exact) mass is 203 g/mol. The maximum atomic E-state index is 5.73. The van der Waals surface area contributed by atoms with Crippen LogP contribution in [-0.2, 0) is 0 Å². The Morgan fingerprint density at radius 1 is 1.33 bits per heavy atom. The van der Waals surface area contributed by atoms with Gasteiger partial charge in [0.2, 0.25) is 0 Å². The Balaban J connectivity index is 2.46. The number of nitrogens with two attached hydrogens (primary N) is 1. The third-order valence-electron chi connectivity index (χ3n) is 2.90. The molecule has 1 heterocycles. The highest BCUT2D eigenvalue weighted by Crippen LogP contribution is 2.23. The molecule has 2 rings (SSSR count). The van der Waals surface area contributed by atoms with E-state index in [1.54, 1.807) is 0 Å². The van der Waals surface area contributed by atoms with Crippen LogP contribution < -0.4 is 5.73 Å². The van der Waals surface area contributed by atoms with Crippen LogP contribution in [0.1, 0.15) is 38.4 Å². The topological polar surface area (TPSA) is 54.7 Å². The van der Waals surface area contributed by atoms with Crippen LogP contribution in [-0.4, -0.2) is 9.97 Å². The van der Waals surface area contributed by atoms with E-state index >= 15 is 0 Å². The molecule has 0 unspecified atom stereocenters. The molecule has 15 heavy (non-hydrogen) atoms. The second kappa shape index (κ2) is 3.93. The van der Waals surface area contributed by atoms with Crippen LogP contribution in [0.2, 0.25) is 0 Å². The minimum absolute atomic E-state index is 0.527. The minimum Gasteiger partial charge on any atom is -0.399 e. The van der Waals surface area contributed by atoms with Gasteiger partial charge in [0.25, 0.3) is 0 Å². The minimum atomic E-state index is 0.527. The molecule has 0 aliphatic carbocycles. The van der Waals surface area contributed by atoms with Crippen LogP contribution in [0.5, 0.6) is 0 Å². The van der Waals surface area contributed by atoms with Gasteiger partial charge >= 0.3 is 0 Å². The summed E-state index contributed by atoms with van der Waals surface area (Å²) in [6, 6.07) is 5.79. The number of nitrogens with one attached hydrogen (secondary N) is 1. The summed E-state index contributed by atoms with van der Waals surface area (Å²) < 4.78 is 0. The Bertz CT molecular complexity index is 455. The zero-order chi connectivity index (χ0) is 10.8. The summed E-state index contributed by atoms with van der Waals surface area (Å²) in [7, 11) is 0. The summed E-state index contributed by atoms with van der Waals surface area (Å²) in [5.41, 5.74) is 8.55. The molecule has 2 aromatic rings. The van der Waals surface area contributed by atoms with Crippen LogP contribution >= 0.6 is 0 Å². The molecule has 1 aromatic heterocycles. The zero-order valence-electron chi connectivity index (χ0n) is 9.25. The van der Waals surface area contributed by atoms with E-state index in [0.717, 1.165) is 35.4 Å². The van der Waals surface area contributed by atoms with E-state index in [1.165, 1.54) is 0 Å².